The van der Waals surface area contributed by atoms with Crippen molar-refractivity contribution >= 4 is 23.4 Å². The lowest BCUT2D eigenvalue weighted by molar-refractivity contribution is -0.114. The molecule has 1 aromatic carbocycles. The summed E-state index contributed by atoms with van der Waals surface area (Å²) in [7, 11) is 0. The highest BCUT2D eigenvalue weighted by atomic mass is 16.4. The second-order valence-electron chi connectivity index (χ2n) is 5.36. The number of amides is 1. The second-order valence-corrected chi connectivity index (χ2v) is 5.36. The largest absolute Gasteiger partial charge is 0.478 e. The van der Waals surface area contributed by atoms with Gasteiger partial charge in [-0.2, -0.15) is 0 Å². The lowest BCUT2D eigenvalue weighted by Gasteiger charge is -2.10. The summed E-state index contributed by atoms with van der Waals surface area (Å²) < 4.78 is 5.32. The molecule has 2 aromatic heterocycles. The average Bonchev–Trinajstić information content (AvgIpc) is 3.08. The van der Waals surface area contributed by atoms with Crippen LogP contribution in [0.2, 0.25) is 0 Å². The summed E-state index contributed by atoms with van der Waals surface area (Å²) in [5.41, 5.74) is 8.00. The zero-order valence-electron chi connectivity index (χ0n) is 13.3. The maximum Gasteiger partial charge on any atom is 0.340 e. The smallest absolute Gasteiger partial charge is 0.340 e. The number of carboxylic acids is 1. The minimum absolute atomic E-state index is 0.0951. The molecule has 1 amide bonds. The summed E-state index contributed by atoms with van der Waals surface area (Å²) in [5, 5.41) is 12.1. The van der Waals surface area contributed by atoms with Gasteiger partial charge in [-0.3, -0.25) is 4.79 Å². The fourth-order valence-corrected chi connectivity index (χ4v) is 2.49. The van der Waals surface area contributed by atoms with E-state index in [1.165, 1.54) is 13.2 Å². The summed E-state index contributed by atoms with van der Waals surface area (Å²) >= 11 is 0. The van der Waals surface area contributed by atoms with Crippen LogP contribution in [-0.4, -0.2) is 22.0 Å². The number of carbonyl (C=O) groups excluding carboxylic acids is 1. The number of nitrogen functional groups attached to an aromatic ring is 1. The lowest BCUT2D eigenvalue weighted by Crippen LogP contribution is -2.08. The van der Waals surface area contributed by atoms with Crippen LogP contribution in [0.25, 0.3) is 22.6 Å². The van der Waals surface area contributed by atoms with Crippen molar-refractivity contribution < 1.29 is 19.1 Å². The Morgan fingerprint density at radius 2 is 1.92 bits per heavy atom. The van der Waals surface area contributed by atoms with Gasteiger partial charge in [-0.15, -0.1) is 0 Å². The molecule has 2 heterocycles. The molecule has 0 spiro atoms. The van der Waals surface area contributed by atoms with Crippen molar-refractivity contribution in [1.29, 1.82) is 0 Å². The fraction of sp³-hybridized carbons (Fsp3) is 0.0556. The number of aromatic nitrogens is 1. The molecule has 3 aromatic rings. The maximum absolute atomic E-state index is 11.5. The monoisotopic (exact) mass is 337 g/mol. The SMILES string of the molecule is CC(=O)Nc1ccc(-c2cc(-c3ccco3)c(C(=O)O)c(N)n2)cc1. The van der Waals surface area contributed by atoms with Gasteiger partial charge in [-0.1, -0.05) is 12.1 Å². The molecule has 7 heteroatoms. The summed E-state index contributed by atoms with van der Waals surface area (Å²) in [4.78, 5) is 26.8. The Morgan fingerprint density at radius 3 is 2.48 bits per heavy atom. The first kappa shape index (κ1) is 16.3. The van der Waals surface area contributed by atoms with Crippen molar-refractivity contribution in [1.82, 2.24) is 4.98 Å². The summed E-state index contributed by atoms with van der Waals surface area (Å²) in [6, 6.07) is 11.9. The van der Waals surface area contributed by atoms with Gasteiger partial charge >= 0.3 is 5.97 Å². The predicted octanol–water partition coefficient (Wildman–Crippen LogP) is 3.25. The van der Waals surface area contributed by atoms with Crippen LogP contribution in [0, 0.1) is 0 Å². The van der Waals surface area contributed by atoms with Crippen LogP contribution in [0.4, 0.5) is 11.5 Å². The Kier molecular flexibility index (Phi) is 4.21. The van der Waals surface area contributed by atoms with E-state index >= 15 is 0 Å². The van der Waals surface area contributed by atoms with Crippen LogP contribution in [0.3, 0.4) is 0 Å². The van der Waals surface area contributed by atoms with E-state index in [1.807, 2.05) is 0 Å². The molecule has 0 radical (unpaired) electrons. The minimum Gasteiger partial charge on any atom is -0.478 e. The minimum atomic E-state index is -1.18. The predicted molar refractivity (Wildman–Crippen MR) is 93.1 cm³/mol. The lowest BCUT2D eigenvalue weighted by atomic mass is 10.0. The molecule has 3 rings (SSSR count). The molecule has 0 aliphatic carbocycles. The van der Waals surface area contributed by atoms with Gasteiger partial charge in [-0.05, 0) is 30.3 Å². The second kappa shape index (κ2) is 6.48. The van der Waals surface area contributed by atoms with Crippen molar-refractivity contribution in [3.63, 3.8) is 0 Å². The quantitative estimate of drug-likeness (QED) is 0.672. The number of pyridine rings is 1. The molecule has 0 aliphatic heterocycles. The van der Waals surface area contributed by atoms with E-state index in [9.17, 15) is 14.7 Å². The number of aromatic carboxylic acids is 1. The highest BCUT2D eigenvalue weighted by Gasteiger charge is 2.20. The number of hydrogen-bond acceptors (Lipinski definition) is 5. The van der Waals surface area contributed by atoms with Crippen molar-refractivity contribution in [2.24, 2.45) is 0 Å². The van der Waals surface area contributed by atoms with Crippen molar-refractivity contribution in [3.05, 3.63) is 54.3 Å². The van der Waals surface area contributed by atoms with Gasteiger partial charge in [0.25, 0.3) is 0 Å². The molecule has 7 nitrogen and oxygen atoms in total. The van der Waals surface area contributed by atoms with E-state index in [-0.39, 0.29) is 17.3 Å². The Balaban J connectivity index is 2.08. The van der Waals surface area contributed by atoms with Gasteiger partial charge in [0.2, 0.25) is 5.91 Å². The van der Waals surface area contributed by atoms with Gasteiger partial charge in [0.1, 0.15) is 17.1 Å². The van der Waals surface area contributed by atoms with Gasteiger partial charge in [0.15, 0.2) is 0 Å². The number of nitrogens with two attached hydrogens (primary N) is 1. The van der Waals surface area contributed by atoms with Crippen LogP contribution in [0.1, 0.15) is 17.3 Å². The number of rotatable bonds is 4. The molecule has 0 aliphatic rings. The third kappa shape index (κ3) is 3.35. The molecule has 25 heavy (non-hydrogen) atoms. The highest BCUT2D eigenvalue weighted by molar-refractivity contribution is 6.00. The van der Waals surface area contributed by atoms with E-state index in [0.717, 1.165) is 5.56 Å². The summed E-state index contributed by atoms with van der Waals surface area (Å²) in [5.74, 6) is -1.05. The van der Waals surface area contributed by atoms with Crippen LogP contribution < -0.4 is 11.1 Å². The van der Waals surface area contributed by atoms with Crippen LogP contribution >= 0.6 is 0 Å². The van der Waals surface area contributed by atoms with Crippen LogP contribution in [-0.2, 0) is 4.79 Å². The van der Waals surface area contributed by atoms with E-state index in [2.05, 4.69) is 10.3 Å². The molecule has 0 saturated carbocycles. The number of hydrogen-bond donors (Lipinski definition) is 3. The Hall–Kier alpha value is -3.61. The standard InChI is InChI=1S/C18H15N3O4/c1-10(22)20-12-6-4-11(5-7-12)14-9-13(15-3-2-8-25-15)16(18(23)24)17(19)21-14/h2-9H,1H3,(H2,19,21)(H,20,22)(H,23,24). The maximum atomic E-state index is 11.5. The first-order chi connectivity index (χ1) is 12.0. The number of carboxylic acid groups (broad SMARTS) is 1. The molecule has 0 fully saturated rings. The summed E-state index contributed by atoms with van der Waals surface area (Å²) in [6.45, 7) is 1.43. The molecule has 0 bridgehead atoms. The average molecular weight is 337 g/mol. The fourth-order valence-electron chi connectivity index (χ4n) is 2.49. The number of nitrogens with one attached hydrogen (secondary N) is 1. The molecule has 126 valence electrons. The number of anilines is 2. The molecule has 0 saturated heterocycles. The molecule has 4 N–H and O–H groups in total. The first-order valence-electron chi connectivity index (χ1n) is 7.41. The third-order valence-corrected chi connectivity index (χ3v) is 3.55. The number of furan rings is 1. The van der Waals surface area contributed by atoms with E-state index in [0.29, 0.717) is 22.7 Å². The van der Waals surface area contributed by atoms with Crippen molar-refractivity contribution in [2.75, 3.05) is 11.1 Å². The topological polar surface area (TPSA) is 118 Å². The number of nitrogens with zero attached hydrogens (tertiary/aromatic N) is 1. The third-order valence-electron chi connectivity index (χ3n) is 3.55. The van der Waals surface area contributed by atoms with Gasteiger partial charge < -0.3 is 20.6 Å². The van der Waals surface area contributed by atoms with Crippen LogP contribution in [0.5, 0.6) is 0 Å². The molecular weight excluding hydrogens is 322 g/mol. The zero-order valence-corrected chi connectivity index (χ0v) is 13.3. The normalized spacial score (nSPS) is 10.4. The first-order valence-corrected chi connectivity index (χ1v) is 7.41. The summed E-state index contributed by atoms with van der Waals surface area (Å²) in [6.07, 6.45) is 1.46. The van der Waals surface area contributed by atoms with E-state index in [1.54, 1.807) is 42.5 Å². The van der Waals surface area contributed by atoms with Crippen molar-refractivity contribution in [2.45, 2.75) is 6.92 Å². The van der Waals surface area contributed by atoms with E-state index in [4.69, 9.17) is 10.2 Å². The molecular formula is C18H15N3O4. The van der Waals surface area contributed by atoms with Gasteiger partial charge in [-0.25, -0.2) is 9.78 Å². The zero-order chi connectivity index (χ0) is 18.0. The Morgan fingerprint density at radius 1 is 1.20 bits per heavy atom. The van der Waals surface area contributed by atoms with Gasteiger partial charge in [0, 0.05) is 23.7 Å². The number of carbonyl (C=O) groups is 2. The highest BCUT2D eigenvalue weighted by Crippen LogP contribution is 2.32. The molecule has 0 atom stereocenters. The van der Waals surface area contributed by atoms with Crippen LogP contribution in [0.15, 0.2) is 53.1 Å². The Labute approximate surface area is 143 Å². The number of benzene rings is 1. The Bertz CT molecular complexity index is 932. The van der Waals surface area contributed by atoms with Gasteiger partial charge in [0.05, 0.1) is 12.0 Å². The molecule has 0 unspecified atom stereocenters. The van der Waals surface area contributed by atoms with E-state index < -0.39 is 5.97 Å². The van der Waals surface area contributed by atoms with Crippen molar-refractivity contribution in [3.8, 4) is 22.6 Å².